The van der Waals surface area contributed by atoms with Gasteiger partial charge in [-0.25, -0.2) is 0 Å². The maximum Gasteiger partial charge on any atom is 0.123 e. The third-order valence-electron chi connectivity index (χ3n) is 4.16. The molecule has 3 rings (SSSR count). The van der Waals surface area contributed by atoms with Crippen LogP contribution in [0.5, 0.6) is 5.75 Å². The molecule has 0 spiro atoms. The van der Waals surface area contributed by atoms with E-state index in [0.29, 0.717) is 6.04 Å². The van der Waals surface area contributed by atoms with Crippen LogP contribution in [0, 0.1) is 0 Å². The Kier molecular flexibility index (Phi) is 4.17. The molecule has 5 heteroatoms. The Bertz CT molecular complexity index is 638. The van der Waals surface area contributed by atoms with E-state index in [2.05, 4.69) is 10.4 Å². The minimum absolute atomic E-state index is 0.353. The Balaban J connectivity index is 1.76. The van der Waals surface area contributed by atoms with Crippen LogP contribution in [-0.4, -0.2) is 16.9 Å². The number of hydrogen-bond acceptors (Lipinski definition) is 3. The quantitative estimate of drug-likeness (QED) is 0.942. The maximum absolute atomic E-state index is 6.08. The summed E-state index contributed by atoms with van der Waals surface area (Å²) in [7, 11) is 3.70. The molecule has 21 heavy (non-hydrogen) atoms. The number of benzene rings is 1. The normalized spacial score (nSPS) is 17.6. The van der Waals surface area contributed by atoms with Crippen molar-refractivity contribution in [2.75, 3.05) is 7.11 Å². The summed E-state index contributed by atoms with van der Waals surface area (Å²) in [6.07, 6.45) is 5.43. The number of hydrogen-bond donors (Lipinski definition) is 1. The second-order valence-corrected chi connectivity index (χ2v) is 5.89. The van der Waals surface area contributed by atoms with Crippen LogP contribution in [0.25, 0.3) is 0 Å². The Labute approximate surface area is 130 Å². The van der Waals surface area contributed by atoms with Crippen molar-refractivity contribution < 1.29 is 4.74 Å². The molecule has 0 aliphatic heterocycles. The van der Waals surface area contributed by atoms with Gasteiger partial charge in [0.25, 0.3) is 0 Å². The third kappa shape index (κ3) is 2.92. The largest absolute Gasteiger partial charge is 0.496 e. The Morgan fingerprint density at radius 3 is 3.14 bits per heavy atom. The van der Waals surface area contributed by atoms with Gasteiger partial charge in [-0.1, -0.05) is 11.6 Å². The predicted octanol–water partition coefficient (Wildman–Crippen LogP) is 3.25. The molecule has 1 aromatic carbocycles. The van der Waals surface area contributed by atoms with Gasteiger partial charge in [0, 0.05) is 41.5 Å². The van der Waals surface area contributed by atoms with Crippen LogP contribution in [0.1, 0.15) is 35.7 Å². The second kappa shape index (κ2) is 6.08. The fourth-order valence-electron chi connectivity index (χ4n) is 3.04. The Morgan fingerprint density at radius 1 is 1.48 bits per heavy atom. The molecule has 112 valence electrons. The summed E-state index contributed by atoms with van der Waals surface area (Å²) >= 11 is 6.08. The van der Waals surface area contributed by atoms with E-state index in [9.17, 15) is 0 Å². The van der Waals surface area contributed by atoms with Gasteiger partial charge in [0.15, 0.2) is 0 Å². The molecule has 1 aromatic heterocycles. The zero-order valence-corrected chi connectivity index (χ0v) is 13.2. The van der Waals surface area contributed by atoms with Crippen LogP contribution in [0.2, 0.25) is 5.02 Å². The zero-order chi connectivity index (χ0) is 14.8. The van der Waals surface area contributed by atoms with Gasteiger partial charge in [-0.15, -0.1) is 0 Å². The van der Waals surface area contributed by atoms with E-state index in [0.717, 1.165) is 35.7 Å². The van der Waals surface area contributed by atoms with Crippen molar-refractivity contribution in [3.63, 3.8) is 0 Å². The highest BCUT2D eigenvalue weighted by atomic mass is 35.5. The van der Waals surface area contributed by atoms with Gasteiger partial charge in [-0.2, -0.15) is 5.10 Å². The number of aryl methyl sites for hydroxylation is 1. The number of ether oxygens (including phenoxy) is 1. The number of nitrogens with zero attached hydrogens (tertiary/aromatic N) is 2. The molecule has 1 aliphatic rings. The van der Waals surface area contributed by atoms with Crippen LogP contribution < -0.4 is 10.1 Å². The molecular formula is C16H20ClN3O. The van der Waals surface area contributed by atoms with Crippen molar-refractivity contribution in [1.82, 2.24) is 15.1 Å². The Hall–Kier alpha value is -1.52. The third-order valence-corrected chi connectivity index (χ3v) is 4.39. The minimum Gasteiger partial charge on any atom is -0.496 e. The monoisotopic (exact) mass is 305 g/mol. The molecule has 1 aliphatic carbocycles. The van der Waals surface area contributed by atoms with E-state index in [-0.39, 0.29) is 0 Å². The van der Waals surface area contributed by atoms with Crippen molar-refractivity contribution in [3.05, 3.63) is 46.2 Å². The van der Waals surface area contributed by atoms with Gasteiger partial charge >= 0.3 is 0 Å². The van der Waals surface area contributed by atoms with E-state index >= 15 is 0 Å². The van der Waals surface area contributed by atoms with Gasteiger partial charge in [0.2, 0.25) is 0 Å². The molecule has 1 N–H and O–H groups in total. The molecule has 0 bridgehead atoms. The smallest absolute Gasteiger partial charge is 0.123 e. The minimum atomic E-state index is 0.353. The topological polar surface area (TPSA) is 39.1 Å². The van der Waals surface area contributed by atoms with E-state index in [1.807, 2.05) is 36.1 Å². The van der Waals surface area contributed by atoms with Crippen LogP contribution >= 0.6 is 11.6 Å². The summed E-state index contributed by atoms with van der Waals surface area (Å²) in [5.74, 6) is 0.870. The summed E-state index contributed by atoms with van der Waals surface area (Å²) < 4.78 is 7.39. The average molecular weight is 306 g/mol. The maximum atomic E-state index is 6.08. The molecular weight excluding hydrogens is 286 g/mol. The van der Waals surface area contributed by atoms with Gasteiger partial charge < -0.3 is 10.1 Å². The lowest BCUT2D eigenvalue weighted by Gasteiger charge is -2.24. The molecule has 2 aromatic rings. The summed E-state index contributed by atoms with van der Waals surface area (Å²) in [5, 5.41) is 8.73. The first kappa shape index (κ1) is 14.4. The van der Waals surface area contributed by atoms with Crippen LogP contribution in [0.3, 0.4) is 0 Å². The van der Waals surface area contributed by atoms with E-state index in [4.69, 9.17) is 16.3 Å². The fraction of sp³-hybridized carbons (Fsp3) is 0.438. The first-order valence-electron chi connectivity index (χ1n) is 7.25. The van der Waals surface area contributed by atoms with Gasteiger partial charge in [0.05, 0.1) is 13.3 Å². The first-order valence-corrected chi connectivity index (χ1v) is 7.63. The second-order valence-electron chi connectivity index (χ2n) is 5.45. The van der Waals surface area contributed by atoms with Crippen molar-refractivity contribution >= 4 is 11.6 Å². The van der Waals surface area contributed by atoms with Crippen molar-refractivity contribution in [1.29, 1.82) is 0 Å². The Morgan fingerprint density at radius 2 is 2.33 bits per heavy atom. The lowest BCUT2D eigenvalue weighted by atomic mass is 9.93. The number of nitrogens with one attached hydrogen (secondary N) is 1. The number of aromatic nitrogens is 2. The molecule has 0 fully saturated rings. The summed E-state index contributed by atoms with van der Waals surface area (Å²) in [4.78, 5) is 0. The molecule has 0 saturated carbocycles. The molecule has 0 saturated heterocycles. The summed E-state index contributed by atoms with van der Waals surface area (Å²) in [6.45, 7) is 0.739. The average Bonchev–Trinajstić information content (AvgIpc) is 2.87. The van der Waals surface area contributed by atoms with Crippen molar-refractivity contribution in [3.8, 4) is 5.75 Å². The highest BCUT2D eigenvalue weighted by Crippen LogP contribution is 2.30. The van der Waals surface area contributed by atoms with E-state index in [1.54, 1.807) is 7.11 Å². The lowest BCUT2D eigenvalue weighted by Crippen LogP contribution is -2.25. The molecule has 0 amide bonds. The lowest BCUT2D eigenvalue weighted by molar-refractivity contribution is 0.400. The van der Waals surface area contributed by atoms with Crippen molar-refractivity contribution in [2.45, 2.75) is 31.8 Å². The molecule has 0 unspecified atom stereocenters. The molecule has 0 radical (unpaired) electrons. The molecule has 1 heterocycles. The van der Waals surface area contributed by atoms with Gasteiger partial charge in [0.1, 0.15) is 5.75 Å². The zero-order valence-electron chi connectivity index (χ0n) is 12.4. The number of methoxy groups -OCH3 is 1. The SMILES string of the molecule is COc1ccc(Cl)cc1CN[C@H]1CCCc2c1cnn2C. The van der Waals surface area contributed by atoms with Crippen molar-refractivity contribution in [2.24, 2.45) is 7.05 Å². The van der Waals surface area contributed by atoms with Gasteiger partial charge in [-0.05, 0) is 37.5 Å². The number of halogens is 1. The van der Waals surface area contributed by atoms with Crippen LogP contribution in [0.15, 0.2) is 24.4 Å². The highest BCUT2D eigenvalue weighted by molar-refractivity contribution is 6.30. The van der Waals surface area contributed by atoms with E-state index < -0.39 is 0 Å². The number of rotatable bonds is 4. The molecule has 1 atom stereocenters. The van der Waals surface area contributed by atoms with Gasteiger partial charge in [-0.3, -0.25) is 4.68 Å². The van der Waals surface area contributed by atoms with Crippen LogP contribution in [-0.2, 0) is 20.0 Å². The standard InChI is InChI=1S/C16H20ClN3O/c1-20-15-5-3-4-14(13(15)10-19-20)18-9-11-8-12(17)6-7-16(11)21-2/h6-8,10,14,18H,3-5,9H2,1-2H3/t14-/m0/s1. The first-order chi connectivity index (χ1) is 10.2. The summed E-state index contributed by atoms with van der Waals surface area (Å²) in [6, 6.07) is 6.07. The molecule has 4 nitrogen and oxygen atoms in total. The summed E-state index contributed by atoms with van der Waals surface area (Å²) in [5.41, 5.74) is 3.75. The van der Waals surface area contributed by atoms with E-state index in [1.165, 1.54) is 17.7 Å². The van der Waals surface area contributed by atoms with Crippen LogP contribution in [0.4, 0.5) is 0 Å². The fourth-order valence-corrected chi connectivity index (χ4v) is 3.23. The number of fused-ring (bicyclic) bond motifs is 1. The predicted molar refractivity (Wildman–Crippen MR) is 83.7 cm³/mol. The highest BCUT2D eigenvalue weighted by Gasteiger charge is 2.23.